The molecule has 1 aromatic heterocycles. The Labute approximate surface area is 141 Å². The summed E-state index contributed by atoms with van der Waals surface area (Å²) in [6.07, 6.45) is 1.43. The molecule has 0 aliphatic carbocycles. The number of nitrogens with one attached hydrogen (secondary N) is 2. The number of rotatable bonds is 6. The molecule has 0 saturated carbocycles. The number of pyridine rings is 1. The number of benzene rings is 1. The first-order chi connectivity index (χ1) is 11.5. The van der Waals surface area contributed by atoms with Crippen LogP contribution in [0.5, 0.6) is 0 Å². The third-order valence-electron chi connectivity index (χ3n) is 3.70. The number of carbonyl (C=O) groups is 1. The van der Waals surface area contributed by atoms with Crippen molar-refractivity contribution in [1.82, 2.24) is 9.88 Å². The van der Waals surface area contributed by atoms with Crippen molar-refractivity contribution in [2.24, 2.45) is 7.05 Å². The fraction of sp³-hybridized carbons (Fsp3) is 0.333. The maximum absolute atomic E-state index is 12.1. The molecule has 0 saturated heterocycles. The second kappa shape index (κ2) is 8.31. The van der Waals surface area contributed by atoms with Gasteiger partial charge in [0.25, 0.3) is 5.56 Å². The summed E-state index contributed by atoms with van der Waals surface area (Å²) in [6.45, 7) is 4.55. The van der Waals surface area contributed by atoms with Gasteiger partial charge in [0, 0.05) is 26.4 Å². The van der Waals surface area contributed by atoms with Crippen molar-refractivity contribution in [3.05, 3.63) is 64.1 Å². The molecule has 0 aliphatic rings. The highest BCUT2D eigenvalue weighted by molar-refractivity contribution is 5.89. The van der Waals surface area contributed by atoms with Crippen LogP contribution in [0, 0.1) is 6.92 Å². The molecule has 24 heavy (non-hydrogen) atoms. The van der Waals surface area contributed by atoms with Crippen LogP contribution in [-0.4, -0.2) is 23.7 Å². The normalized spacial score (nSPS) is 11.8. The number of hydrogen-bond acceptors (Lipinski definition) is 3. The smallest absolute Gasteiger partial charge is 0.319 e. The third kappa shape index (κ3) is 4.45. The Morgan fingerprint density at radius 3 is 2.62 bits per heavy atom. The zero-order valence-corrected chi connectivity index (χ0v) is 14.2. The van der Waals surface area contributed by atoms with E-state index < -0.39 is 6.03 Å². The monoisotopic (exact) mass is 329 g/mol. The Balaban J connectivity index is 2.02. The number of aryl methyl sites for hydroxylation is 2. The highest BCUT2D eigenvalue weighted by Gasteiger charge is 2.14. The molecule has 1 heterocycles. The van der Waals surface area contributed by atoms with Crippen LogP contribution in [0.15, 0.2) is 47.4 Å². The average molecular weight is 329 g/mol. The Bertz CT molecular complexity index is 741. The summed E-state index contributed by atoms with van der Waals surface area (Å²) < 4.78 is 7.11. The SMILES string of the molecule is CCOC(CNC(=O)Nc1c(C)ccn(C)c1=O)c1ccccc1. The third-order valence-corrected chi connectivity index (χ3v) is 3.70. The van der Waals surface area contributed by atoms with Crippen LogP contribution in [0.25, 0.3) is 0 Å². The van der Waals surface area contributed by atoms with E-state index in [1.165, 1.54) is 4.57 Å². The van der Waals surface area contributed by atoms with E-state index in [1.807, 2.05) is 37.3 Å². The molecule has 6 heteroatoms. The number of hydrogen-bond donors (Lipinski definition) is 2. The molecule has 1 atom stereocenters. The lowest BCUT2D eigenvalue weighted by Crippen LogP contribution is -2.35. The lowest BCUT2D eigenvalue weighted by Gasteiger charge is -2.18. The van der Waals surface area contributed by atoms with Crippen molar-refractivity contribution in [3.8, 4) is 0 Å². The minimum atomic E-state index is -0.429. The van der Waals surface area contributed by atoms with Gasteiger partial charge in [0.15, 0.2) is 0 Å². The highest BCUT2D eigenvalue weighted by Crippen LogP contribution is 2.16. The van der Waals surface area contributed by atoms with E-state index >= 15 is 0 Å². The molecule has 1 unspecified atom stereocenters. The Kier molecular flexibility index (Phi) is 6.14. The molecule has 0 bridgehead atoms. The van der Waals surface area contributed by atoms with Gasteiger partial charge < -0.3 is 19.9 Å². The van der Waals surface area contributed by atoms with Gasteiger partial charge in [-0.3, -0.25) is 4.79 Å². The number of anilines is 1. The molecule has 0 fully saturated rings. The lowest BCUT2D eigenvalue weighted by atomic mass is 10.1. The minimum Gasteiger partial charge on any atom is -0.372 e. The zero-order valence-electron chi connectivity index (χ0n) is 14.2. The van der Waals surface area contributed by atoms with Crippen LogP contribution in [0.3, 0.4) is 0 Å². The van der Waals surface area contributed by atoms with Gasteiger partial charge in [-0.05, 0) is 31.0 Å². The molecule has 128 valence electrons. The Morgan fingerprint density at radius 1 is 1.25 bits per heavy atom. The maximum atomic E-state index is 12.1. The summed E-state index contributed by atoms with van der Waals surface area (Å²) in [5.74, 6) is 0. The van der Waals surface area contributed by atoms with Crippen LogP contribution in [0.2, 0.25) is 0 Å². The first-order valence-electron chi connectivity index (χ1n) is 7.90. The molecular formula is C18H23N3O3. The Hall–Kier alpha value is -2.60. The summed E-state index contributed by atoms with van der Waals surface area (Å²) in [6, 6.07) is 11.1. The van der Waals surface area contributed by atoms with E-state index in [-0.39, 0.29) is 17.4 Å². The second-order valence-corrected chi connectivity index (χ2v) is 5.48. The minimum absolute atomic E-state index is 0.235. The summed E-state index contributed by atoms with van der Waals surface area (Å²) in [7, 11) is 1.64. The molecular weight excluding hydrogens is 306 g/mol. The van der Waals surface area contributed by atoms with Crippen LogP contribution in [0.4, 0.5) is 10.5 Å². The standard InChI is InChI=1S/C18H23N3O3/c1-4-24-15(14-8-6-5-7-9-14)12-19-18(23)20-16-13(2)10-11-21(3)17(16)22/h5-11,15H,4,12H2,1-3H3,(H2,19,20,23). The van der Waals surface area contributed by atoms with Crippen molar-refractivity contribution in [1.29, 1.82) is 0 Å². The van der Waals surface area contributed by atoms with Crippen LogP contribution < -0.4 is 16.2 Å². The molecule has 0 spiro atoms. The van der Waals surface area contributed by atoms with E-state index in [4.69, 9.17) is 4.74 Å². The molecule has 2 rings (SSSR count). The first-order valence-corrected chi connectivity index (χ1v) is 7.90. The predicted molar refractivity (Wildman–Crippen MR) is 94.3 cm³/mol. The van der Waals surface area contributed by atoms with Gasteiger partial charge in [-0.1, -0.05) is 30.3 Å². The van der Waals surface area contributed by atoms with Gasteiger partial charge in [0.1, 0.15) is 5.69 Å². The van der Waals surface area contributed by atoms with Crippen molar-refractivity contribution < 1.29 is 9.53 Å². The van der Waals surface area contributed by atoms with Crippen LogP contribution in [-0.2, 0) is 11.8 Å². The largest absolute Gasteiger partial charge is 0.372 e. The van der Waals surface area contributed by atoms with Crippen molar-refractivity contribution in [2.45, 2.75) is 20.0 Å². The summed E-state index contributed by atoms with van der Waals surface area (Å²) >= 11 is 0. The average Bonchev–Trinajstić information content (AvgIpc) is 2.59. The van der Waals surface area contributed by atoms with Crippen LogP contribution in [0.1, 0.15) is 24.2 Å². The van der Waals surface area contributed by atoms with E-state index in [2.05, 4.69) is 10.6 Å². The van der Waals surface area contributed by atoms with E-state index in [0.717, 1.165) is 11.1 Å². The van der Waals surface area contributed by atoms with Gasteiger partial charge in [-0.15, -0.1) is 0 Å². The van der Waals surface area contributed by atoms with Crippen molar-refractivity contribution in [2.75, 3.05) is 18.5 Å². The van der Waals surface area contributed by atoms with Crippen molar-refractivity contribution in [3.63, 3.8) is 0 Å². The molecule has 0 radical (unpaired) electrons. The molecule has 6 nitrogen and oxygen atoms in total. The van der Waals surface area contributed by atoms with E-state index in [9.17, 15) is 9.59 Å². The van der Waals surface area contributed by atoms with Gasteiger partial charge in [0.2, 0.25) is 0 Å². The lowest BCUT2D eigenvalue weighted by molar-refractivity contribution is 0.0643. The van der Waals surface area contributed by atoms with Gasteiger partial charge >= 0.3 is 6.03 Å². The topological polar surface area (TPSA) is 72.4 Å². The van der Waals surface area contributed by atoms with Crippen molar-refractivity contribution >= 4 is 11.7 Å². The number of amides is 2. The van der Waals surface area contributed by atoms with E-state index in [1.54, 1.807) is 26.2 Å². The van der Waals surface area contributed by atoms with Crippen LogP contribution >= 0.6 is 0 Å². The predicted octanol–water partition coefficient (Wildman–Crippen LogP) is 2.59. The number of aromatic nitrogens is 1. The fourth-order valence-electron chi connectivity index (χ4n) is 2.36. The fourth-order valence-corrected chi connectivity index (χ4v) is 2.36. The number of nitrogens with zero attached hydrogens (tertiary/aromatic N) is 1. The number of ether oxygens (including phenoxy) is 1. The second-order valence-electron chi connectivity index (χ2n) is 5.48. The highest BCUT2D eigenvalue weighted by atomic mass is 16.5. The molecule has 0 aliphatic heterocycles. The maximum Gasteiger partial charge on any atom is 0.319 e. The van der Waals surface area contributed by atoms with E-state index in [0.29, 0.717) is 13.2 Å². The number of carbonyl (C=O) groups excluding carboxylic acids is 1. The molecule has 2 N–H and O–H groups in total. The first kappa shape index (κ1) is 17.7. The Morgan fingerprint density at radius 2 is 1.96 bits per heavy atom. The van der Waals surface area contributed by atoms with Gasteiger partial charge in [-0.2, -0.15) is 0 Å². The summed E-state index contributed by atoms with van der Waals surface area (Å²) in [5, 5.41) is 5.39. The molecule has 2 aromatic rings. The van der Waals surface area contributed by atoms with Gasteiger partial charge in [0.05, 0.1) is 6.10 Å². The summed E-state index contributed by atoms with van der Waals surface area (Å²) in [5.41, 5.74) is 1.75. The molecule has 2 amide bonds. The quantitative estimate of drug-likeness (QED) is 0.855. The zero-order chi connectivity index (χ0) is 17.5. The van der Waals surface area contributed by atoms with Gasteiger partial charge in [-0.25, -0.2) is 4.79 Å². The molecule has 1 aromatic carbocycles. The summed E-state index contributed by atoms with van der Waals surface area (Å²) in [4.78, 5) is 24.2. The number of urea groups is 1.